The van der Waals surface area contributed by atoms with Gasteiger partial charge in [0, 0.05) is 19.3 Å². The van der Waals surface area contributed by atoms with Crippen LogP contribution in [0.15, 0.2) is 18.2 Å². The highest BCUT2D eigenvalue weighted by Gasteiger charge is 2.18. The molecule has 0 saturated carbocycles. The molecular weight excluding hydrogens is 172 g/mol. The zero-order valence-electron chi connectivity index (χ0n) is 8.62. The second-order valence-corrected chi connectivity index (χ2v) is 4.15. The number of anilines is 1. The van der Waals surface area contributed by atoms with E-state index in [1.807, 2.05) is 12.1 Å². The molecule has 14 heavy (non-hydrogen) atoms. The summed E-state index contributed by atoms with van der Waals surface area (Å²) in [7, 11) is 2.11. The highest BCUT2D eigenvalue weighted by atomic mass is 15.1. The molecule has 0 saturated heterocycles. The van der Waals surface area contributed by atoms with Gasteiger partial charge in [-0.05, 0) is 36.1 Å². The summed E-state index contributed by atoms with van der Waals surface area (Å²) in [5, 5.41) is 8.81. The van der Waals surface area contributed by atoms with Crippen LogP contribution in [0.25, 0.3) is 0 Å². The third-order valence-electron chi connectivity index (χ3n) is 2.77. The Morgan fingerprint density at radius 2 is 2.29 bits per heavy atom. The van der Waals surface area contributed by atoms with E-state index < -0.39 is 0 Å². The van der Waals surface area contributed by atoms with Crippen LogP contribution < -0.4 is 4.90 Å². The Labute approximate surface area is 84.8 Å². The van der Waals surface area contributed by atoms with Gasteiger partial charge in [0.05, 0.1) is 11.6 Å². The van der Waals surface area contributed by atoms with E-state index in [1.54, 1.807) is 0 Å². The van der Waals surface area contributed by atoms with E-state index in [4.69, 9.17) is 5.26 Å². The zero-order chi connectivity index (χ0) is 10.1. The Morgan fingerprint density at radius 1 is 1.50 bits per heavy atom. The van der Waals surface area contributed by atoms with E-state index >= 15 is 0 Å². The Bertz CT molecular complexity index is 390. The lowest BCUT2D eigenvalue weighted by Gasteiger charge is -2.31. The van der Waals surface area contributed by atoms with Crippen molar-refractivity contribution in [2.45, 2.75) is 13.3 Å². The van der Waals surface area contributed by atoms with Gasteiger partial charge in [-0.1, -0.05) is 6.92 Å². The lowest BCUT2D eigenvalue weighted by molar-refractivity contribution is 0.551. The van der Waals surface area contributed by atoms with Gasteiger partial charge in [0.15, 0.2) is 0 Å². The Morgan fingerprint density at radius 3 is 3.00 bits per heavy atom. The van der Waals surface area contributed by atoms with E-state index in [1.165, 1.54) is 11.3 Å². The predicted molar refractivity (Wildman–Crippen MR) is 57.3 cm³/mol. The van der Waals surface area contributed by atoms with Gasteiger partial charge >= 0.3 is 0 Å². The molecular formula is C12H14N2. The molecule has 1 aliphatic rings. The molecule has 0 aliphatic carbocycles. The van der Waals surface area contributed by atoms with Crippen LogP contribution in [-0.4, -0.2) is 13.6 Å². The van der Waals surface area contributed by atoms with Crippen LogP contribution in [0.1, 0.15) is 18.1 Å². The third-order valence-corrected chi connectivity index (χ3v) is 2.77. The van der Waals surface area contributed by atoms with Crippen LogP contribution in [0, 0.1) is 17.2 Å². The number of nitrogens with zero attached hydrogens (tertiary/aromatic N) is 2. The van der Waals surface area contributed by atoms with Gasteiger partial charge in [-0.3, -0.25) is 0 Å². The molecule has 1 atom stereocenters. The molecule has 72 valence electrons. The van der Waals surface area contributed by atoms with Crippen molar-refractivity contribution in [2.24, 2.45) is 5.92 Å². The van der Waals surface area contributed by atoms with Gasteiger partial charge in [-0.15, -0.1) is 0 Å². The van der Waals surface area contributed by atoms with Crippen LogP contribution in [0.3, 0.4) is 0 Å². The number of rotatable bonds is 0. The van der Waals surface area contributed by atoms with Crippen molar-refractivity contribution in [1.82, 2.24) is 0 Å². The van der Waals surface area contributed by atoms with Gasteiger partial charge in [0.1, 0.15) is 0 Å². The molecule has 1 aliphatic heterocycles. The van der Waals surface area contributed by atoms with E-state index in [0.29, 0.717) is 5.92 Å². The maximum absolute atomic E-state index is 8.81. The Balaban J connectivity index is 2.45. The van der Waals surface area contributed by atoms with Crippen molar-refractivity contribution in [2.75, 3.05) is 18.5 Å². The number of nitriles is 1. The maximum atomic E-state index is 8.81. The lowest BCUT2D eigenvalue weighted by atomic mass is 9.93. The summed E-state index contributed by atoms with van der Waals surface area (Å²) in [5.74, 6) is 0.682. The molecule has 1 heterocycles. The molecule has 0 amide bonds. The summed E-state index contributed by atoms with van der Waals surface area (Å²) >= 11 is 0. The molecule has 2 nitrogen and oxygen atoms in total. The van der Waals surface area contributed by atoms with Gasteiger partial charge in [0.2, 0.25) is 0 Å². The van der Waals surface area contributed by atoms with Crippen LogP contribution in [0.4, 0.5) is 5.69 Å². The number of benzene rings is 1. The van der Waals surface area contributed by atoms with E-state index in [-0.39, 0.29) is 0 Å². The molecule has 0 spiro atoms. The first-order valence-electron chi connectivity index (χ1n) is 4.95. The topological polar surface area (TPSA) is 27.0 Å². The molecule has 2 heteroatoms. The fraction of sp³-hybridized carbons (Fsp3) is 0.417. The minimum absolute atomic E-state index is 0.682. The number of hydrogen-bond acceptors (Lipinski definition) is 2. The quantitative estimate of drug-likeness (QED) is 0.621. The molecule has 0 fully saturated rings. The first kappa shape index (κ1) is 9.08. The second-order valence-electron chi connectivity index (χ2n) is 4.15. The van der Waals surface area contributed by atoms with Crippen LogP contribution in [0.5, 0.6) is 0 Å². The van der Waals surface area contributed by atoms with Crippen molar-refractivity contribution in [1.29, 1.82) is 5.26 Å². The number of hydrogen-bond donors (Lipinski definition) is 0. The monoisotopic (exact) mass is 186 g/mol. The van der Waals surface area contributed by atoms with Crippen molar-refractivity contribution in [3.8, 4) is 6.07 Å². The SMILES string of the molecule is C[C@@H]1Cc2cc(C#N)ccc2N(C)C1. The van der Waals surface area contributed by atoms with Gasteiger partial charge in [-0.2, -0.15) is 5.26 Å². The third kappa shape index (κ3) is 1.46. The van der Waals surface area contributed by atoms with E-state index in [0.717, 1.165) is 18.5 Å². The average molecular weight is 186 g/mol. The highest BCUT2D eigenvalue weighted by molar-refractivity contribution is 5.58. The van der Waals surface area contributed by atoms with Crippen molar-refractivity contribution >= 4 is 5.69 Å². The zero-order valence-corrected chi connectivity index (χ0v) is 8.62. The van der Waals surface area contributed by atoms with Gasteiger partial charge in [0.25, 0.3) is 0 Å². The van der Waals surface area contributed by atoms with Gasteiger partial charge in [-0.25, -0.2) is 0 Å². The maximum Gasteiger partial charge on any atom is 0.0991 e. The molecule has 2 rings (SSSR count). The molecule has 0 unspecified atom stereocenters. The van der Waals surface area contributed by atoms with Crippen molar-refractivity contribution in [3.05, 3.63) is 29.3 Å². The average Bonchev–Trinajstić information content (AvgIpc) is 2.16. The predicted octanol–water partition coefficient (Wildman–Crippen LogP) is 2.19. The highest BCUT2D eigenvalue weighted by Crippen LogP contribution is 2.28. The summed E-state index contributed by atoms with van der Waals surface area (Å²) in [6, 6.07) is 8.15. The normalized spacial score (nSPS) is 20.1. The van der Waals surface area contributed by atoms with Crippen LogP contribution >= 0.6 is 0 Å². The smallest absolute Gasteiger partial charge is 0.0991 e. The molecule has 0 aromatic heterocycles. The summed E-state index contributed by atoms with van der Waals surface area (Å²) in [6.45, 7) is 3.36. The summed E-state index contributed by atoms with van der Waals surface area (Å²) in [4.78, 5) is 2.27. The summed E-state index contributed by atoms with van der Waals surface area (Å²) in [6.07, 6.45) is 1.09. The van der Waals surface area contributed by atoms with Crippen LogP contribution in [-0.2, 0) is 6.42 Å². The minimum atomic E-state index is 0.682. The lowest BCUT2D eigenvalue weighted by Crippen LogP contribution is -2.30. The Kier molecular flexibility index (Phi) is 2.17. The van der Waals surface area contributed by atoms with Gasteiger partial charge < -0.3 is 4.90 Å². The van der Waals surface area contributed by atoms with Crippen molar-refractivity contribution < 1.29 is 0 Å². The molecule has 0 bridgehead atoms. The Hall–Kier alpha value is -1.49. The van der Waals surface area contributed by atoms with Crippen LogP contribution in [0.2, 0.25) is 0 Å². The van der Waals surface area contributed by atoms with Crippen molar-refractivity contribution in [3.63, 3.8) is 0 Å². The molecule has 1 aromatic rings. The summed E-state index contributed by atoms with van der Waals surface area (Å²) < 4.78 is 0. The van der Waals surface area contributed by atoms with E-state index in [9.17, 15) is 0 Å². The number of fused-ring (bicyclic) bond motifs is 1. The fourth-order valence-electron chi connectivity index (χ4n) is 2.20. The largest absolute Gasteiger partial charge is 0.374 e. The minimum Gasteiger partial charge on any atom is -0.374 e. The van der Waals surface area contributed by atoms with E-state index in [2.05, 4.69) is 31.0 Å². The molecule has 0 N–H and O–H groups in total. The standard InChI is InChI=1S/C12H14N2/c1-9-5-11-6-10(7-13)3-4-12(11)14(2)8-9/h3-4,6,9H,5,8H2,1-2H3/t9-/m1/s1. The fourth-order valence-corrected chi connectivity index (χ4v) is 2.20. The first-order valence-corrected chi connectivity index (χ1v) is 4.95. The first-order chi connectivity index (χ1) is 6.70. The second kappa shape index (κ2) is 3.34. The summed E-state index contributed by atoms with van der Waals surface area (Å²) in [5.41, 5.74) is 3.36. The molecule has 0 radical (unpaired) electrons. The molecule has 1 aromatic carbocycles.